The lowest BCUT2D eigenvalue weighted by molar-refractivity contribution is -0.126. The van der Waals surface area contributed by atoms with E-state index in [-0.39, 0.29) is 21.9 Å². The average Bonchev–Trinajstić information content (AvgIpc) is 3.10. The first-order chi connectivity index (χ1) is 12.9. The molecule has 0 spiro atoms. The van der Waals surface area contributed by atoms with Gasteiger partial charge in [0.1, 0.15) is 17.2 Å². The molecule has 2 amide bonds. The van der Waals surface area contributed by atoms with E-state index in [0.717, 1.165) is 16.9 Å². The quantitative estimate of drug-likeness (QED) is 0.881. The summed E-state index contributed by atoms with van der Waals surface area (Å²) in [5, 5.41) is 2.90. The van der Waals surface area contributed by atoms with Gasteiger partial charge in [-0.2, -0.15) is 0 Å². The molecule has 2 aromatic carbocycles. The summed E-state index contributed by atoms with van der Waals surface area (Å²) in [6.45, 7) is 4.41. The van der Waals surface area contributed by atoms with Crippen molar-refractivity contribution in [3.63, 3.8) is 0 Å². The summed E-state index contributed by atoms with van der Waals surface area (Å²) in [6, 6.07) is 14.7. The number of rotatable bonds is 4. The number of ether oxygens (including phenoxy) is 1. The monoisotopic (exact) mass is 382 g/mol. The molecule has 5 nitrogen and oxygen atoms in total. The van der Waals surface area contributed by atoms with Gasteiger partial charge in [-0.15, -0.1) is 11.8 Å². The molecular formula is C21H22N2O3S. The van der Waals surface area contributed by atoms with Gasteiger partial charge in [0.05, 0.1) is 7.11 Å². The smallest absolute Gasteiger partial charge is 0.256 e. The molecule has 2 aliphatic rings. The number of para-hydroxylation sites is 1. The minimum absolute atomic E-state index is 0.0638. The predicted octanol–water partition coefficient (Wildman–Crippen LogP) is 3.36. The molecule has 0 aliphatic carbocycles. The molecule has 2 atom stereocenters. The molecule has 2 heterocycles. The van der Waals surface area contributed by atoms with Crippen LogP contribution in [0, 0.1) is 0 Å². The predicted molar refractivity (Wildman–Crippen MR) is 106 cm³/mol. The summed E-state index contributed by atoms with van der Waals surface area (Å²) in [5.74, 6) is 0.536. The van der Waals surface area contributed by atoms with Gasteiger partial charge in [0, 0.05) is 22.4 Å². The van der Waals surface area contributed by atoms with E-state index in [2.05, 4.69) is 5.32 Å². The molecule has 1 saturated heterocycles. The van der Waals surface area contributed by atoms with Crippen molar-refractivity contribution in [3.8, 4) is 5.75 Å². The zero-order chi connectivity index (χ0) is 19.2. The first-order valence-electron chi connectivity index (χ1n) is 8.93. The summed E-state index contributed by atoms with van der Waals surface area (Å²) in [7, 11) is 1.61. The van der Waals surface area contributed by atoms with E-state index in [1.807, 2.05) is 62.4 Å². The van der Waals surface area contributed by atoms with Crippen molar-refractivity contribution < 1.29 is 14.3 Å². The van der Waals surface area contributed by atoms with E-state index in [9.17, 15) is 9.59 Å². The Kier molecular flexibility index (Phi) is 4.38. The van der Waals surface area contributed by atoms with Gasteiger partial charge in [0.15, 0.2) is 0 Å². The van der Waals surface area contributed by atoms with Crippen LogP contribution in [0.25, 0.3) is 0 Å². The van der Waals surface area contributed by atoms with Crippen LogP contribution >= 0.6 is 11.8 Å². The molecule has 0 aromatic heterocycles. The van der Waals surface area contributed by atoms with E-state index in [0.29, 0.717) is 12.1 Å². The van der Waals surface area contributed by atoms with Gasteiger partial charge in [-0.1, -0.05) is 36.4 Å². The van der Waals surface area contributed by atoms with Gasteiger partial charge < -0.3 is 15.0 Å². The van der Waals surface area contributed by atoms with Crippen LogP contribution < -0.4 is 10.1 Å². The number of hydrogen-bond donors (Lipinski definition) is 1. The van der Waals surface area contributed by atoms with Crippen LogP contribution in [0.4, 0.5) is 0 Å². The summed E-state index contributed by atoms with van der Waals surface area (Å²) in [6.07, 6.45) is 0. The van der Waals surface area contributed by atoms with E-state index < -0.39 is 6.04 Å². The lowest BCUT2D eigenvalue weighted by atomic mass is 10.0. The number of carbonyl (C=O) groups excluding carboxylic acids is 2. The molecule has 4 rings (SSSR count). The number of fused-ring (bicyclic) bond motifs is 3. The van der Waals surface area contributed by atoms with E-state index in [1.165, 1.54) is 0 Å². The second-order valence-corrected chi connectivity index (χ2v) is 9.04. The highest BCUT2D eigenvalue weighted by Crippen LogP contribution is 2.56. The third-order valence-corrected chi connectivity index (χ3v) is 6.73. The van der Waals surface area contributed by atoms with E-state index in [4.69, 9.17) is 4.74 Å². The van der Waals surface area contributed by atoms with Crippen molar-refractivity contribution in [2.75, 3.05) is 7.11 Å². The van der Waals surface area contributed by atoms with Crippen molar-refractivity contribution in [2.45, 2.75) is 36.6 Å². The fourth-order valence-corrected chi connectivity index (χ4v) is 5.52. The molecule has 1 unspecified atom stereocenters. The third kappa shape index (κ3) is 2.88. The summed E-state index contributed by atoms with van der Waals surface area (Å²) in [4.78, 5) is 27.8. The Bertz CT molecular complexity index is 912. The first-order valence-corrected chi connectivity index (χ1v) is 9.81. The van der Waals surface area contributed by atoms with Gasteiger partial charge in [0.25, 0.3) is 5.91 Å². The zero-order valence-corrected chi connectivity index (χ0v) is 16.4. The van der Waals surface area contributed by atoms with Crippen molar-refractivity contribution in [1.29, 1.82) is 0 Å². The molecule has 6 heteroatoms. The van der Waals surface area contributed by atoms with Crippen molar-refractivity contribution in [2.24, 2.45) is 0 Å². The number of carbonyl (C=O) groups is 2. The highest BCUT2D eigenvalue weighted by molar-refractivity contribution is 8.01. The Hall–Kier alpha value is -2.47. The normalized spacial score (nSPS) is 22.3. The van der Waals surface area contributed by atoms with E-state index in [1.54, 1.807) is 23.8 Å². The average molecular weight is 382 g/mol. The van der Waals surface area contributed by atoms with Crippen LogP contribution in [0.15, 0.2) is 48.5 Å². The highest BCUT2D eigenvalue weighted by atomic mass is 32.2. The molecule has 0 radical (unpaired) electrons. The molecule has 1 fully saturated rings. The molecule has 27 heavy (non-hydrogen) atoms. The summed E-state index contributed by atoms with van der Waals surface area (Å²) >= 11 is 1.67. The van der Waals surface area contributed by atoms with Crippen molar-refractivity contribution in [3.05, 3.63) is 65.2 Å². The Morgan fingerprint density at radius 1 is 1.19 bits per heavy atom. The molecule has 2 aromatic rings. The number of nitrogens with zero attached hydrogens (tertiary/aromatic N) is 1. The second kappa shape index (κ2) is 6.60. The standard InChI is InChI=1S/C21H22N2O3S/c1-21(2)17(18(24)22-12-13-8-4-7-11-16(13)26-3)23-19(25)14-9-5-6-10-15(14)20(23)27-21/h4-11,17,20H,12H2,1-3H3,(H,22,24)/t17-,20?/m1/s1. The minimum Gasteiger partial charge on any atom is -0.496 e. The first kappa shape index (κ1) is 17.9. The molecular weight excluding hydrogens is 360 g/mol. The SMILES string of the molecule is COc1ccccc1CNC(=O)[C@H]1N2C(=O)c3ccccc3C2SC1(C)C. The zero-order valence-electron chi connectivity index (χ0n) is 15.6. The Morgan fingerprint density at radius 2 is 1.89 bits per heavy atom. The fourth-order valence-electron chi connectivity index (χ4n) is 3.93. The Balaban J connectivity index is 1.58. The maximum Gasteiger partial charge on any atom is 0.256 e. The lowest BCUT2D eigenvalue weighted by Crippen LogP contribution is -2.52. The number of methoxy groups -OCH3 is 1. The molecule has 1 N–H and O–H groups in total. The number of hydrogen-bond acceptors (Lipinski definition) is 4. The van der Waals surface area contributed by atoms with Crippen molar-refractivity contribution >= 4 is 23.6 Å². The Labute approximate surface area is 163 Å². The van der Waals surface area contributed by atoms with Gasteiger partial charge in [-0.25, -0.2) is 0 Å². The maximum absolute atomic E-state index is 13.1. The maximum atomic E-state index is 13.1. The topological polar surface area (TPSA) is 58.6 Å². The second-order valence-electron chi connectivity index (χ2n) is 7.31. The largest absolute Gasteiger partial charge is 0.496 e. The van der Waals surface area contributed by atoms with Crippen molar-refractivity contribution in [1.82, 2.24) is 10.2 Å². The van der Waals surface area contributed by atoms with Crippen LogP contribution in [-0.2, 0) is 11.3 Å². The summed E-state index contributed by atoms with van der Waals surface area (Å²) in [5.41, 5.74) is 2.61. The minimum atomic E-state index is -0.526. The third-order valence-electron chi connectivity index (χ3n) is 5.19. The molecule has 0 saturated carbocycles. The van der Waals surface area contributed by atoms with Crippen LogP contribution in [0.2, 0.25) is 0 Å². The van der Waals surface area contributed by atoms with Gasteiger partial charge in [-0.3, -0.25) is 9.59 Å². The number of amides is 2. The molecule has 140 valence electrons. The molecule has 2 aliphatic heterocycles. The Morgan fingerprint density at radius 3 is 2.67 bits per heavy atom. The van der Waals surface area contributed by atoms with Crippen LogP contribution in [0.5, 0.6) is 5.75 Å². The molecule has 0 bridgehead atoms. The van der Waals surface area contributed by atoms with Gasteiger partial charge >= 0.3 is 0 Å². The van der Waals surface area contributed by atoms with Gasteiger partial charge in [0.2, 0.25) is 5.91 Å². The fraction of sp³-hybridized carbons (Fsp3) is 0.333. The van der Waals surface area contributed by atoms with Gasteiger partial charge in [-0.05, 0) is 31.5 Å². The number of benzene rings is 2. The number of nitrogens with one attached hydrogen (secondary N) is 1. The lowest BCUT2D eigenvalue weighted by Gasteiger charge is -2.29. The van der Waals surface area contributed by atoms with Crippen LogP contribution in [0.3, 0.4) is 0 Å². The highest BCUT2D eigenvalue weighted by Gasteiger charge is 2.57. The van der Waals surface area contributed by atoms with Crippen LogP contribution in [-0.4, -0.2) is 34.6 Å². The number of thioether (sulfide) groups is 1. The van der Waals surface area contributed by atoms with E-state index >= 15 is 0 Å². The van der Waals surface area contributed by atoms with Crippen LogP contribution in [0.1, 0.15) is 40.7 Å². The summed E-state index contributed by atoms with van der Waals surface area (Å²) < 4.78 is 4.98.